The lowest BCUT2D eigenvalue weighted by Crippen LogP contribution is -2.48. The third kappa shape index (κ3) is 5.51. The van der Waals surface area contributed by atoms with Crippen molar-refractivity contribution in [3.8, 4) is 5.75 Å². The number of furan rings is 1. The van der Waals surface area contributed by atoms with Gasteiger partial charge in [-0.3, -0.25) is 9.59 Å². The van der Waals surface area contributed by atoms with E-state index in [2.05, 4.69) is 26.6 Å². The van der Waals surface area contributed by atoms with E-state index in [4.69, 9.17) is 9.15 Å². The van der Waals surface area contributed by atoms with Crippen molar-refractivity contribution in [2.24, 2.45) is 0 Å². The number of carbonyl (C=O) groups is 2. The summed E-state index contributed by atoms with van der Waals surface area (Å²) in [5.74, 6) is 0.159. The van der Waals surface area contributed by atoms with Crippen LogP contribution in [0.2, 0.25) is 0 Å². The molecule has 0 spiro atoms. The Labute approximate surface area is 183 Å². The van der Waals surface area contributed by atoms with Gasteiger partial charge in [0.05, 0.1) is 23.9 Å². The van der Waals surface area contributed by atoms with Crippen LogP contribution < -0.4 is 15.4 Å². The van der Waals surface area contributed by atoms with Crippen LogP contribution in [0.5, 0.6) is 5.75 Å². The number of benzene rings is 2. The maximum absolute atomic E-state index is 13.1. The summed E-state index contributed by atoms with van der Waals surface area (Å²) in [6, 6.07) is 17.3. The molecule has 2 unspecified atom stereocenters. The van der Waals surface area contributed by atoms with Gasteiger partial charge in [0.25, 0.3) is 5.91 Å². The molecule has 3 aromatic rings. The van der Waals surface area contributed by atoms with Crippen molar-refractivity contribution in [2.45, 2.75) is 25.4 Å². The molecule has 30 heavy (non-hydrogen) atoms. The van der Waals surface area contributed by atoms with Gasteiger partial charge in [-0.15, -0.1) is 0 Å². The van der Waals surface area contributed by atoms with Crippen LogP contribution in [0, 0.1) is 0 Å². The van der Waals surface area contributed by atoms with Gasteiger partial charge in [0.15, 0.2) is 5.76 Å². The molecule has 1 heterocycles. The van der Waals surface area contributed by atoms with Crippen LogP contribution in [0.15, 0.2) is 75.8 Å². The molecule has 2 aromatic carbocycles. The molecule has 0 aliphatic heterocycles. The third-order valence-corrected chi connectivity index (χ3v) is 5.30. The largest absolute Gasteiger partial charge is 0.496 e. The van der Waals surface area contributed by atoms with Gasteiger partial charge in [0.2, 0.25) is 5.91 Å². The molecule has 0 bridgehead atoms. The summed E-state index contributed by atoms with van der Waals surface area (Å²) in [5.41, 5.74) is 1.85. The smallest absolute Gasteiger partial charge is 0.287 e. The molecule has 1 aromatic heterocycles. The third-order valence-electron chi connectivity index (χ3n) is 4.68. The summed E-state index contributed by atoms with van der Waals surface area (Å²) < 4.78 is 11.2. The van der Waals surface area contributed by atoms with Crippen LogP contribution in [0.25, 0.3) is 0 Å². The number of carbonyl (C=O) groups excluding carboxylic acids is 2. The molecule has 3 rings (SSSR count). The number of nitrogens with one attached hydrogen (secondary N) is 2. The Morgan fingerprint density at radius 2 is 1.83 bits per heavy atom. The highest BCUT2D eigenvalue weighted by Gasteiger charge is 2.24. The highest BCUT2D eigenvalue weighted by Crippen LogP contribution is 2.28. The highest BCUT2D eigenvalue weighted by molar-refractivity contribution is 9.10. The summed E-state index contributed by atoms with van der Waals surface area (Å²) in [6.45, 7) is 1.89. The molecule has 0 aliphatic carbocycles. The van der Waals surface area contributed by atoms with Gasteiger partial charge in [-0.2, -0.15) is 0 Å². The Kier molecular flexibility index (Phi) is 7.30. The molecule has 156 valence electrons. The maximum atomic E-state index is 13.1. The summed E-state index contributed by atoms with van der Waals surface area (Å²) in [4.78, 5) is 25.5. The van der Waals surface area contributed by atoms with Gasteiger partial charge in [-0.1, -0.05) is 36.4 Å². The molecule has 2 atom stereocenters. The molecular formula is C23H23BrN2O4. The van der Waals surface area contributed by atoms with Crippen LogP contribution in [0.4, 0.5) is 0 Å². The van der Waals surface area contributed by atoms with Gasteiger partial charge in [0, 0.05) is 6.42 Å². The maximum Gasteiger partial charge on any atom is 0.287 e. The molecular weight excluding hydrogens is 448 g/mol. The summed E-state index contributed by atoms with van der Waals surface area (Å²) in [7, 11) is 1.60. The topological polar surface area (TPSA) is 80.6 Å². The van der Waals surface area contributed by atoms with Crippen molar-refractivity contribution in [3.63, 3.8) is 0 Å². The van der Waals surface area contributed by atoms with Crippen molar-refractivity contribution in [2.75, 3.05) is 7.11 Å². The number of ether oxygens (including phenoxy) is 1. The first-order valence-corrected chi connectivity index (χ1v) is 10.3. The summed E-state index contributed by atoms with van der Waals surface area (Å²) in [5, 5.41) is 5.77. The van der Waals surface area contributed by atoms with E-state index in [0.717, 1.165) is 15.6 Å². The van der Waals surface area contributed by atoms with Gasteiger partial charge >= 0.3 is 0 Å². The lowest BCUT2D eigenvalue weighted by molar-refractivity contribution is -0.123. The molecule has 2 N–H and O–H groups in total. The molecule has 6 nitrogen and oxygen atoms in total. The lowest BCUT2D eigenvalue weighted by atomic mass is 10.0. The fraction of sp³-hybridized carbons (Fsp3) is 0.217. The van der Waals surface area contributed by atoms with E-state index in [-0.39, 0.29) is 17.7 Å². The second-order valence-corrected chi connectivity index (χ2v) is 7.67. The predicted octanol–water partition coefficient (Wildman–Crippen LogP) is 4.27. The van der Waals surface area contributed by atoms with E-state index in [1.54, 1.807) is 19.2 Å². The van der Waals surface area contributed by atoms with Crippen molar-refractivity contribution in [1.82, 2.24) is 10.6 Å². The quantitative estimate of drug-likeness (QED) is 0.514. The van der Waals surface area contributed by atoms with Crippen LogP contribution in [-0.2, 0) is 11.2 Å². The minimum Gasteiger partial charge on any atom is -0.496 e. The Morgan fingerprint density at radius 3 is 2.47 bits per heavy atom. The first-order valence-electron chi connectivity index (χ1n) is 9.50. The summed E-state index contributed by atoms with van der Waals surface area (Å²) >= 11 is 3.46. The Bertz CT molecular complexity index is 990. The average molecular weight is 471 g/mol. The first kappa shape index (κ1) is 21.6. The summed E-state index contributed by atoms with van der Waals surface area (Å²) in [6.07, 6.45) is 1.78. The standard InChI is InChI=1S/C23H23BrN2O4/c1-15(17-10-11-20(29-2)18(24)14-17)25-22(27)19(13-16-7-4-3-5-8-16)26-23(28)21-9-6-12-30-21/h3-12,14-15,19H,13H2,1-2H3,(H,25,27)(H,26,28). The molecule has 7 heteroatoms. The SMILES string of the molecule is COc1ccc(C(C)NC(=O)C(Cc2ccccc2)NC(=O)c2ccco2)cc1Br. The van der Waals surface area contributed by atoms with Crippen molar-refractivity contribution < 1.29 is 18.7 Å². The number of rotatable bonds is 8. The van der Waals surface area contributed by atoms with Gasteiger partial charge in [0.1, 0.15) is 11.8 Å². The number of amides is 2. The van der Waals surface area contributed by atoms with Crippen molar-refractivity contribution >= 4 is 27.7 Å². The molecule has 2 amide bonds. The zero-order chi connectivity index (χ0) is 21.5. The van der Waals surface area contributed by atoms with Gasteiger partial charge in [-0.05, 0) is 58.2 Å². The first-order chi connectivity index (χ1) is 14.5. The molecule has 0 aliphatic rings. The lowest BCUT2D eigenvalue weighted by Gasteiger charge is -2.22. The average Bonchev–Trinajstić information content (AvgIpc) is 3.29. The van der Waals surface area contributed by atoms with Crippen molar-refractivity contribution in [1.29, 1.82) is 0 Å². The second kappa shape index (κ2) is 10.1. The van der Waals surface area contributed by atoms with E-state index in [1.807, 2.05) is 55.5 Å². The molecule has 0 fully saturated rings. The van der Waals surface area contributed by atoms with Crippen molar-refractivity contribution in [3.05, 3.63) is 88.3 Å². The predicted molar refractivity (Wildman–Crippen MR) is 117 cm³/mol. The number of halogens is 1. The van der Waals surface area contributed by atoms with E-state index in [0.29, 0.717) is 12.2 Å². The zero-order valence-corrected chi connectivity index (χ0v) is 18.3. The molecule has 0 saturated carbocycles. The number of methoxy groups -OCH3 is 1. The molecule has 0 radical (unpaired) electrons. The molecule has 0 saturated heterocycles. The van der Waals surface area contributed by atoms with E-state index >= 15 is 0 Å². The van der Waals surface area contributed by atoms with Gasteiger partial charge in [-0.25, -0.2) is 0 Å². The van der Waals surface area contributed by atoms with Crippen LogP contribution in [0.3, 0.4) is 0 Å². The minimum absolute atomic E-state index is 0.160. The highest BCUT2D eigenvalue weighted by atomic mass is 79.9. The Balaban J connectivity index is 1.75. The van der Waals surface area contributed by atoms with Crippen LogP contribution >= 0.6 is 15.9 Å². The fourth-order valence-electron chi connectivity index (χ4n) is 3.05. The zero-order valence-electron chi connectivity index (χ0n) is 16.7. The van der Waals surface area contributed by atoms with E-state index in [1.165, 1.54) is 6.26 Å². The van der Waals surface area contributed by atoms with E-state index in [9.17, 15) is 9.59 Å². The Hall–Kier alpha value is -3.06. The van der Waals surface area contributed by atoms with Crippen LogP contribution in [0.1, 0.15) is 34.6 Å². The monoisotopic (exact) mass is 470 g/mol. The normalized spacial score (nSPS) is 12.6. The van der Waals surface area contributed by atoms with Gasteiger partial charge < -0.3 is 19.8 Å². The minimum atomic E-state index is -0.755. The number of hydrogen-bond acceptors (Lipinski definition) is 4. The van der Waals surface area contributed by atoms with E-state index < -0.39 is 11.9 Å². The number of hydrogen-bond donors (Lipinski definition) is 2. The van der Waals surface area contributed by atoms with Crippen LogP contribution in [-0.4, -0.2) is 25.0 Å². The Morgan fingerprint density at radius 1 is 1.07 bits per heavy atom. The fourth-order valence-corrected chi connectivity index (χ4v) is 3.60. The second-order valence-electron chi connectivity index (χ2n) is 6.82.